The monoisotopic (exact) mass is 239 g/mol. The number of likely N-dealkylation sites (tertiary alicyclic amines) is 1. The quantitative estimate of drug-likeness (QED) is 0.220. The van der Waals surface area contributed by atoms with Crippen molar-refractivity contribution in [1.29, 1.82) is 0 Å². The number of hydrogen-bond donors (Lipinski definition) is 0. The Labute approximate surface area is 98.0 Å². The lowest BCUT2D eigenvalue weighted by Gasteiger charge is -2.10. The number of rotatable bonds is 3. The van der Waals surface area contributed by atoms with Gasteiger partial charge in [-0.1, -0.05) is 6.92 Å². The standard InChI is InChI=1S/C10H13N3O4/c1-3-17-10(16)7(12-11)9(15)13-5-4-6(2)8(13)14/h6H,3-5H2,1-2H3. The first-order valence-corrected chi connectivity index (χ1v) is 5.27. The Hall–Kier alpha value is -2.01. The summed E-state index contributed by atoms with van der Waals surface area (Å²) in [6.45, 7) is 3.52. The van der Waals surface area contributed by atoms with E-state index in [4.69, 9.17) is 5.53 Å². The highest BCUT2D eigenvalue weighted by atomic mass is 16.5. The van der Waals surface area contributed by atoms with Gasteiger partial charge in [0.15, 0.2) is 0 Å². The zero-order chi connectivity index (χ0) is 13.0. The summed E-state index contributed by atoms with van der Waals surface area (Å²) in [6.07, 6.45) is 0.534. The summed E-state index contributed by atoms with van der Waals surface area (Å²) in [5, 5.41) is 0. The molecule has 0 spiro atoms. The van der Waals surface area contributed by atoms with Gasteiger partial charge in [-0.3, -0.25) is 14.5 Å². The van der Waals surface area contributed by atoms with Crippen molar-refractivity contribution in [3.63, 3.8) is 0 Å². The highest BCUT2D eigenvalue weighted by Crippen LogP contribution is 2.17. The molecule has 1 saturated heterocycles. The first-order valence-electron chi connectivity index (χ1n) is 5.27. The minimum absolute atomic E-state index is 0.0511. The third-order valence-corrected chi connectivity index (χ3v) is 2.49. The summed E-state index contributed by atoms with van der Waals surface area (Å²) in [7, 11) is 0. The van der Waals surface area contributed by atoms with Crippen molar-refractivity contribution in [3.05, 3.63) is 5.53 Å². The topological polar surface area (TPSA) is 100 Å². The molecule has 1 aliphatic heterocycles. The molecular weight excluding hydrogens is 226 g/mol. The van der Waals surface area contributed by atoms with Crippen molar-refractivity contribution >= 4 is 23.5 Å². The van der Waals surface area contributed by atoms with Crippen molar-refractivity contribution in [3.8, 4) is 0 Å². The Morgan fingerprint density at radius 2 is 2.24 bits per heavy atom. The molecule has 0 saturated carbocycles. The summed E-state index contributed by atoms with van der Waals surface area (Å²) in [6, 6.07) is 0. The third-order valence-electron chi connectivity index (χ3n) is 2.49. The van der Waals surface area contributed by atoms with Gasteiger partial charge in [0.2, 0.25) is 5.91 Å². The summed E-state index contributed by atoms with van der Waals surface area (Å²) >= 11 is 0. The van der Waals surface area contributed by atoms with Crippen LogP contribution >= 0.6 is 0 Å². The van der Waals surface area contributed by atoms with E-state index in [0.29, 0.717) is 6.42 Å². The fourth-order valence-electron chi connectivity index (χ4n) is 1.52. The largest absolute Gasteiger partial charge is 0.463 e. The van der Waals surface area contributed by atoms with Crippen LogP contribution in [0.25, 0.3) is 5.53 Å². The summed E-state index contributed by atoms with van der Waals surface area (Å²) in [5.74, 6) is -2.59. The number of nitrogens with zero attached hydrogens (tertiary/aromatic N) is 3. The molecular formula is C10H13N3O4. The van der Waals surface area contributed by atoms with Gasteiger partial charge >= 0.3 is 17.6 Å². The second-order valence-electron chi connectivity index (χ2n) is 3.65. The number of carbonyl (C=O) groups excluding carboxylic acids is 3. The van der Waals surface area contributed by atoms with Crippen LogP contribution in [0, 0.1) is 5.92 Å². The molecule has 1 unspecified atom stereocenters. The number of esters is 1. The number of imide groups is 1. The Kier molecular flexibility index (Phi) is 4.12. The average molecular weight is 239 g/mol. The van der Waals surface area contributed by atoms with Gasteiger partial charge in [-0.15, -0.1) is 0 Å². The lowest BCUT2D eigenvalue weighted by Crippen LogP contribution is -2.42. The van der Waals surface area contributed by atoms with Crippen molar-refractivity contribution in [2.24, 2.45) is 5.92 Å². The molecule has 7 heteroatoms. The molecule has 0 aromatic heterocycles. The van der Waals surface area contributed by atoms with Gasteiger partial charge in [0.05, 0.1) is 6.61 Å². The SMILES string of the molecule is CCOC(=O)C(=[N+]=[N-])C(=O)N1CCC(C)C1=O. The van der Waals surface area contributed by atoms with E-state index in [2.05, 4.69) is 9.53 Å². The molecule has 0 N–H and O–H groups in total. The van der Waals surface area contributed by atoms with Crippen LogP contribution in [0.4, 0.5) is 0 Å². The molecule has 1 rings (SSSR count). The number of hydrogen-bond acceptors (Lipinski definition) is 4. The van der Waals surface area contributed by atoms with E-state index in [0.717, 1.165) is 4.90 Å². The Bertz CT molecular complexity index is 412. The second-order valence-corrected chi connectivity index (χ2v) is 3.65. The minimum atomic E-state index is -1.03. The van der Waals surface area contributed by atoms with Gasteiger partial charge in [0, 0.05) is 12.5 Å². The lowest BCUT2D eigenvalue weighted by atomic mass is 10.1. The van der Waals surface area contributed by atoms with Crippen molar-refractivity contribution < 1.29 is 23.9 Å². The highest BCUT2D eigenvalue weighted by Gasteiger charge is 2.42. The maximum absolute atomic E-state index is 11.8. The smallest absolute Gasteiger partial charge is 0.457 e. The normalized spacial score (nSPS) is 18.8. The van der Waals surface area contributed by atoms with Crippen LogP contribution in [-0.2, 0) is 19.1 Å². The van der Waals surface area contributed by atoms with Crippen molar-refractivity contribution in [2.75, 3.05) is 13.2 Å². The number of amides is 2. The van der Waals surface area contributed by atoms with E-state index in [1.54, 1.807) is 13.8 Å². The predicted octanol–water partition coefficient (Wildman–Crippen LogP) is -0.385. The summed E-state index contributed by atoms with van der Waals surface area (Å²) in [4.78, 5) is 38.1. The molecule has 7 nitrogen and oxygen atoms in total. The molecule has 1 atom stereocenters. The molecule has 92 valence electrons. The van der Waals surface area contributed by atoms with Crippen molar-refractivity contribution in [1.82, 2.24) is 4.90 Å². The Balaban J connectivity index is 2.85. The molecule has 0 radical (unpaired) electrons. The highest BCUT2D eigenvalue weighted by molar-refractivity contribution is 6.62. The van der Waals surface area contributed by atoms with Crippen LogP contribution in [0.3, 0.4) is 0 Å². The van der Waals surface area contributed by atoms with Gasteiger partial charge in [-0.25, -0.2) is 4.79 Å². The summed E-state index contributed by atoms with van der Waals surface area (Å²) < 4.78 is 4.55. The molecule has 1 fully saturated rings. The molecule has 1 heterocycles. The zero-order valence-corrected chi connectivity index (χ0v) is 9.67. The molecule has 17 heavy (non-hydrogen) atoms. The van der Waals surface area contributed by atoms with E-state index >= 15 is 0 Å². The summed E-state index contributed by atoms with van der Waals surface area (Å²) in [5.41, 5.74) is 7.87. The maximum Gasteiger partial charge on any atom is 0.463 e. The van der Waals surface area contributed by atoms with Crippen LogP contribution in [-0.4, -0.2) is 46.3 Å². The number of ether oxygens (including phenoxy) is 1. The van der Waals surface area contributed by atoms with Gasteiger partial charge in [-0.2, -0.15) is 4.79 Å². The fraction of sp³-hybridized carbons (Fsp3) is 0.600. The predicted molar refractivity (Wildman–Crippen MR) is 55.8 cm³/mol. The average Bonchev–Trinajstić information content (AvgIpc) is 2.61. The van der Waals surface area contributed by atoms with Crippen molar-refractivity contribution in [2.45, 2.75) is 20.3 Å². The number of carbonyl (C=O) groups is 3. The molecule has 2 amide bonds. The minimum Gasteiger partial charge on any atom is -0.457 e. The Morgan fingerprint density at radius 1 is 1.59 bits per heavy atom. The van der Waals surface area contributed by atoms with Gasteiger partial charge in [0.1, 0.15) is 0 Å². The lowest BCUT2D eigenvalue weighted by molar-refractivity contribution is -0.146. The van der Waals surface area contributed by atoms with Crippen LogP contribution in [0.15, 0.2) is 0 Å². The molecule has 0 bridgehead atoms. The molecule has 0 aliphatic carbocycles. The second kappa shape index (κ2) is 5.36. The molecule has 0 aromatic rings. The maximum atomic E-state index is 11.8. The first-order chi connectivity index (χ1) is 8.02. The van der Waals surface area contributed by atoms with Gasteiger partial charge < -0.3 is 10.3 Å². The van der Waals surface area contributed by atoms with E-state index in [1.807, 2.05) is 0 Å². The Morgan fingerprint density at radius 3 is 2.65 bits per heavy atom. The molecule has 0 aromatic carbocycles. The first kappa shape index (κ1) is 13.1. The van der Waals surface area contributed by atoms with Crippen LogP contribution in [0.1, 0.15) is 20.3 Å². The van der Waals surface area contributed by atoms with Crippen LogP contribution in [0.5, 0.6) is 0 Å². The molecule has 1 aliphatic rings. The van der Waals surface area contributed by atoms with Gasteiger partial charge in [-0.05, 0) is 13.3 Å². The third kappa shape index (κ3) is 2.57. The van der Waals surface area contributed by atoms with E-state index in [-0.39, 0.29) is 25.0 Å². The van der Waals surface area contributed by atoms with E-state index in [9.17, 15) is 14.4 Å². The van der Waals surface area contributed by atoms with Crippen LogP contribution < -0.4 is 0 Å². The van der Waals surface area contributed by atoms with E-state index in [1.165, 1.54) is 0 Å². The van der Waals surface area contributed by atoms with Crippen LogP contribution in [0.2, 0.25) is 0 Å². The zero-order valence-electron chi connectivity index (χ0n) is 9.67. The van der Waals surface area contributed by atoms with E-state index < -0.39 is 17.6 Å². The fourth-order valence-corrected chi connectivity index (χ4v) is 1.52. The van der Waals surface area contributed by atoms with Gasteiger partial charge in [0.25, 0.3) is 0 Å².